The van der Waals surface area contributed by atoms with Gasteiger partial charge in [0, 0.05) is 18.8 Å². The zero-order valence-corrected chi connectivity index (χ0v) is 14.4. The van der Waals surface area contributed by atoms with E-state index in [1.807, 2.05) is 30.3 Å². The Morgan fingerprint density at radius 2 is 2.04 bits per heavy atom. The molecule has 25 heavy (non-hydrogen) atoms. The molecule has 134 valence electrons. The van der Waals surface area contributed by atoms with Gasteiger partial charge in [-0.05, 0) is 38.8 Å². The Morgan fingerprint density at radius 1 is 1.32 bits per heavy atom. The molecule has 0 unspecified atom stereocenters. The summed E-state index contributed by atoms with van der Waals surface area (Å²) < 4.78 is 28.7. The van der Waals surface area contributed by atoms with Crippen molar-refractivity contribution >= 4 is 5.91 Å². The number of carbonyl (C=O) groups excluding carboxylic acids is 1. The summed E-state index contributed by atoms with van der Waals surface area (Å²) in [6, 6.07) is 9.49. The Balaban J connectivity index is 1.71. The molecular weight excluding hydrogens is 326 g/mol. The fourth-order valence-electron chi connectivity index (χ4n) is 3.13. The van der Waals surface area contributed by atoms with Crippen LogP contribution in [0.1, 0.15) is 45.2 Å². The van der Waals surface area contributed by atoms with Crippen LogP contribution in [0.4, 0.5) is 8.78 Å². The molecule has 0 spiro atoms. The Labute approximate surface area is 145 Å². The molecule has 1 aliphatic carbocycles. The zero-order valence-electron chi connectivity index (χ0n) is 14.4. The number of hydrogen-bond donors (Lipinski definition) is 1. The molecule has 1 atom stereocenters. The highest BCUT2D eigenvalue weighted by molar-refractivity contribution is 5.79. The maximum Gasteiger partial charge on any atom is 0.248 e. The average Bonchev–Trinajstić information content (AvgIpc) is 3.05. The van der Waals surface area contributed by atoms with Gasteiger partial charge in [0.1, 0.15) is 5.69 Å². The summed E-state index contributed by atoms with van der Waals surface area (Å²) in [5, 5.41) is 11.1. The third-order valence-corrected chi connectivity index (χ3v) is 4.60. The molecule has 0 radical (unpaired) electrons. The minimum absolute atomic E-state index is 0.133. The summed E-state index contributed by atoms with van der Waals surface area (Å²) in [6.07, 6.45) is 2.09. The minimum atomic E-state index is -2.75. The smallest absolute Gasteiger partial charge is 0.248 e. The molecule has 1 amide bonds. The minimum Gasteiger partial charge on any atom is -0.345 e. The fraction of sp³-hybridized carbons (Fsp3) is 0.500. The molecule has 2 aromatic rings. The van der Waals surface area contributed by atoms with E-state index in [2.05, 4.69) is 15.6 Å². The van der Waals surface area contributed by atoms with E-state index in [0.29, 0.717) is 18.5 Å². The molecule has 1 aromatic heterocycles. The summed E-state index contributed by atoms with van der Waals surface area (Å²) in [6.45, 7) is 3.59. The summed E-state index contributed by atoms with van der Waals surface area (Å²) in [4.78, 5) is 12.5. The molecule has 1 heterocycles. The monoisotopic (exact) mass is 348 g/mol. The number of nitrogens with one attached hydrogen (secondary N) is 1. The number of rotatable bonds is 4. The number of para-hydroxylation sites is 1. The predicted molar refractivity (Wildman–Crippen MR) is 89.4 cm³/mol. The van der Waals surface area contributed by atoms with Crippen LogP contribution in [0.15, 0.2) is 36.5 Å². The lowest BCUT2D eigenvalue weighted by Gasteiger charge is -2.31. The van der Waals surface area contributed by atoms with Gasteiger partial charge in [-0.25, -0.2) is 13.5 Å². The van der Waals surface area contributed by atoms with Crippen molar-refractivity contribution in [3.05, 3.63) is 42.2 Å². The predicted octanol–water partition coefficient (Wildman–Crippen LogP) is 3.44. The number of benzene rings is 1. The van der Waals surface area contributed by atoms with E-state index in [9.17, 15) is 13.6 Å². The number of aromatic nitrogens is 3. The summed E-state index contributed by atoms with van der Waals surface area (Å²) in [5.41, 5.74) is 0.638. The number of amides is 1. The van der Waals surface area contributed by atoms with Gasteiger partial charge in [0.25, 0.3) is 0 Å². The SMILES string of the molecule is CC(C)(NC(=O)[C@H]1CCCC(F)(F)C1)c1cn(-c2ccccc2)nn1. The van der Waals surface area contributed by atoms with Crippen LogP contribution >= 0.6 is 0 Å². The molecule has 1 aliphatic rings. The second-order valence-corrected chi connectivity index (χ2v) is 7.15. The third kappa shape index (κ3) is 4.03. The first-order chi connectivity index (χ1) is 11.8. The number of hydrogen-bond acceptors (Lipinski definition) is 3. The summed E-state index contributed by atoms with van der Waals surface area (Å²) in [5.74, 6) is -3.76. The van der Waals surface area contributed by atoms with Crippen LogP contribution in [0.2, 0.25) is 0 Å². The largest absolute Gasteiger partial charge is 0.345 e. The van der Waals surface area contributed by atoms with Gasteiger partial charge in [0.15, 0.2) is 0 Å². The van der Waals surface area contributed by atoms with Gasteiger partial charge < -0.3 is 5.32 Å². The van der Waals surface area contributed by atoms with Gasteiger partial charge >= 0.3 is 0 Å². The summed E-state index contributed by atoms with van der Waals surface area (Å²) in [7, 11) is 0. The molecule has 3 rings (SSSR count). The lowest BCUT2D eigenvalue weighted by Crippen LogP contribution is -2.46. The first-order valence-corrected chi connectivity index (χ1v) is 8.45. The lowest BCUT2D eigenvalue weighted by atomic mass is 9.85. The molecule has 0 saturated heterocycles. The van der Waals surface area contributed by atoms with Crippen LogP contribution in [0, 0.1) is 5.92 Å². The second-order valence-electron chi connectivity index (χ2n) is 7.15. The number of nitrogens with zero attached hydrogens (tertiary/aromatic N) is 3. The zero-order chi connectivity index (χ0) is 18.1. The molecule has 0 aliphatic heterocycles. The van der Waals surface area contributed by atoms with Crippen LogP contribution < -0.4 is 5.32 Å². The van der Waals surface area contributed by atoms with Crippen LogP contribution in [0.3, 0.4) is 0 Å². The van der Waals surface area contributed by atoms with Crippen molar-refractivity contribution in [1.29, 1.82) is 0 Å². The van der Waals surface area contributed by atoms with Crippen LogP contribution in [0.25, 0.3) is 5.69 Å². The van der Waals surface area contributed by atoms with Gasteiger partial charge in [-0.2, -0.15) is 0 Å². The van der Waals surface area contributed by atoms with Crippen molar-refractivity contribution in [2.45, 2.75) is 51.0 Å². The van der Waals surface area contributed by atoms with Gasteiger partial charge in [-0.3, -0.25) is 4.79 Å². The fourth-order valence-corrected chi connectivity index (χ4v) is 3.13. The highest BCUT2D eigenvalue weighted by Crippen LogP contribution is 2.37. The van der Waals surface area contributed by atoms with Crippen molar-refractivity contribution in [1.82, 2.24) is 20.3 Å². The quantitative estimate of drug-likeness (QED) is 0.921. The first-order valence-electron chi connectivity index (χ1n) is 8.45. The number of alkyl halides is 2. The number of halogens is 2. The Bertz CT molecular complexity index is 743. The van der Waals surface area contributed by atoms with E-state index in [0.717, 1.165) is 5.69 Å². The Morgan fingerprint density at radius 3 is 2.72 bits per heavy atom. The van der Waals surface area contributed by atoms with Crippen LogP contribution in [0.5, 0.6) is 0 Å². The molecule has 5 nitrogen and oxygen atoms in total. The first kappa shape index (κ1) is 17.5. The summed E-state index contributed by atoms with van der Waals surface area (Å²) >= 11 is 0. The van der Waals surface area contributed by atoms with E-state index < -0.39 is 17.4 Å². The van der Waals surface area contributed by atoms with Crippen molar-refractivity contribution in [2.24, 2.45) is 5.92 Å². The van der Waals surface area contributed by atoms with Crippen LogP contribution in [-0.2, 0) is 10.3 Å². The van der Waals surface area contributed by atoms with Gasteiger partial charge in [-0.15, -0.1) is 5.10 Å². The normalized spacial score (nSPS) is 20.2. The molecule has 1 saturated carbocycles. The van der Waals surface area contributed by atoms with E-state index in [4.69, 9.17) is 0 Å². The Hall–Kier alpha value is -2.31. The standard InChI is InChI=1S/C18H22F2N4O/c1-17(2,21-16(25)13-7-6-10-18(19,20)11-13)15-12-24(23-22-15)14-8-4-3-5-9-14/h3-5,8-9,12-13H,6-7,10-11H2,1-2H3,(H,21,25)/t13-/m0/s1. The second kappa shape index (κ2) is 6.54. The van der Waals surface area contributed by atoms with Gasteiger partial charge in [0.05, 0.1) is 17.4 Å². The van der Waals surface area contributed by atoms with E-state index >= 15 is 0 Å². The van der Waals surface area contributed by atoms with Crippen molar-refractivity contribution in [3.8, 4) is 5.69 Å². The van der Waals surface area contributed by atoms with Crippen molar-refractivity contribution in [3.63, 3.8) is 0 Å². The average molecular weight is 348 g/mol. The highest BCUT2D eigenvalue weighted by Gasteiger charge is 2.40. The number of carbonyl (C=O) groups is 1. The topological polar surface area (TPSA) is 59.8 Å². The molecule has 1 fully saturated rings. The highest BCUT2D eigenvalue weighted by atomic mass is 19.3. The molecular formula is C18H22F2N4O. The van der Waals surface area contributed by atoms with Gasteiger partial charge in [0.2, 0.25) is 11.8 Å². The molecule has 1 aromatic carbocycles. The van der Waals surface area contributed by atoms with Gasteiger partial charge in [-0.1, -0.05) is 23.4 Å². The Kier molecular flexibility index (Phi) is 4.58. The lowest BCUT2D eigenvalue weighted by molar-refractivity contribution is -0.134. The molecule has 1 N–H and O–H groups in total. The molecule has 0 bridgehead atoms. The van der Waals surface area contributed by atoms with E-state index in [1.165, 1.54) is 0 Å². The van der Waals surface area contributed by atoms with Crippen molar-refractivity contribution < 1.29 is 13.6 Å². The van der Waals surface area contributed by atoms with Crippen molar-refractivity contribution in [2.75, 3.05) is 0 Å². The maximum absolute atomic E-state index is 13.6. The third-order valence-electron chi connectivity index (χ3n) is 4.60. The molecule has 7 heteroatoms. The van der Waals surface area contributed by atoms with E-state index in [1.54, 1.807) is 24.7 Å². The van der Waals surface area contributed by atoms with Crippen LogP contribution in [-0.4, -0.2) is 26.8 Å². The van der Waals surface area contributed by atoms with E-state index in [-0.39, 0.29) is 18.7 Å². The maximum atomic E-state index is 13.6.